The Balaban J connectivity index is 1.49. The van der Waals surface area contributed by atoms with Gasteiger partial charge in [-0.05, 0) is 66.9 Å². The zero-order chi connectivity index (χ0) is 25.9. The number of cyclic esters (lactones) is 1. The Morgan fingerprint density at radius 2 is 2.08 bits per heavy atom. The van der Waals surface area contributed by atoms with Crippen LogP contribution in [0.4, 0.5) is 0 Å². The number of ether oxygens (including phenoxy) is 3. The fraction of sp³-hybridized carbons (Fsp3) is 0.467. The summed E-state index contributed by atoms with van der Waals surface area (Å²) >= 11 is 0. The summed E-state index contributed by atoms with van der Waals surface area (Å²) in [6.45, 7) is 9.07. The highest BCUT2D eigenvalue weighted by molar-refractivity contribution is 5.93. The third-order valence-electron chi connectivity index (χ3n) is 8.47. The molecule has 6 heteroatoms. The second-order valence-electron chi connectivity index (χ2n) is 10.6. The molecule has 0 spiro atoms. The van der Waals surface area contributed by atoms with Gasteiger partial charge >= 0.3 is 11.9 Å². The maximum Gasteiger partial charge on any atom is 0.338 e. The molecule has 0 bridgehead atoms. The minimum absolute atomic E-state index is 0.0565. The highest BCUT2D eigenvalue weighted by Gasteiger charge is 2.57. The number of fused-ring (bicyclic) bond motifs is 1. The molecule has 36 heavy (non-hydrogen) atoms. The standard InChI is InChI=1S/C30H36O6/c1-20-8-12-25-29(2,24(20)11-10-22-15-17-35-28(22)33)16-14-26(31)30(25,3)19-36-27(32)13-9-21-6-5-7-23(18-21)34-4/h5-7,9-11,13,15,18,24-26,31H,1,8,12,14,16-17,19H2,2-4H3/b11-10+,13-9+/t24-,25?,26-,29+,30+/m1/s1. The lowest BCUT2D eigenvalue weighted by atomic mass is 9.46. The summed E-state index contributed by atoms with van der Waals surface area (Å²) in [6, 6.07) is 7.42. The quantitative estimate of drug-likeness (QED) is 0.326. The van der Waals surface area contributed by atoms with Gasteiger partial charge in [-0.15, -0.1) is 0 Å². The van der Waals surface area contributed by atoms with E-state index in [2.05, 4.69) is 19.6 Å². The smallest absolute Gasteiger partial charge is 0.338 e. The van der Waals surface area contributed by atoms with Crippen molar-refractivity contribution in [2.45, 2.75) is 45.6 Å². The molecule has 2 saturated carbocycles. The first-order valence-corrected chi connectivity index (χ1v) is 12.6. The molecule has 1 N–H and O–H groups in total. The van der Waals surface area contributed by atoms with Crippen LogP contribution in [0.1, 0.15) is 45.1 Å². The maximum absolute atomic E-state index is 12.6. The Morgan fingerprint density at radius 1 is 1.28 bits per heavy atom. The molecule has 3 aliphatic rings. The van der Waals surface area contributed by atoms with Crippen LogP contribution in [0.3, 0.4) is 0 Å². The number of allylic oxidation sites excluding steroid dienone is 2. The molecule has 4 rings (SSSR count). The average Bonchev–Trinajstić information content (AvgIpc) is 3.28. The van der Waals surface area contributed by atoms with Crippen molar-refractivity contribution in [3.05, 3.63) is 71.9 Å². The predicted molar refractivity (Wildman–Crippen MR) is 138 cm³/mol. The molecule has 2 fully saturated rings. The Kier molecular flexibility index (Phi) is 7.55. The summed E-state index contributed by atoms with van der Waals surface area (Å²) in [4.78, 5) is 24.5. The Labute approximate surface area is 213 Å². The van der Waals surface area contributed by atoms with Gasteiger partial charge in [0, 0.05) is 17.4 Å². The van der Waals surface area contributed by atoms with Crippen LogP contribution in [0.15, 0.2) is 66.3 Å². The van der Waals surface area contributed by atoms with E-state index < -0.39 is 17.5 Å². The first-order chi connectivity index (χ1) is 17.2. The number of carbonyl (C=O) groups is 2. The summed E-state index contributed by atoms with van der Waals surface area (Å²) < 4.78 is 16.0. The van der Waals surface area contributed by atoms with Gasteiger partial charge in [0.15, 0.2) is 0 Å². The van der Waals surface area contributed by atoms with Crippen LogP contribution in [0.5, 0.6) is 5.75 Å². The van der Waals surface area contributed by atoms with Crippen molar-refractivity contribution in [1.29, 1.82) is 0 Å². The zero-order valence-electron chi connectivity index (χ0n) is 21.4. The molecule has 0 saturated heterocycles. The molecular weight excluding hydrogens is 456 g/mol. The van der Waals surface area contributed by atoms with Gasteiger partial charge < -0.3 is 19.3 Å². The molecule has 192 valence electrons. The summed E-state index contributed by atoms with van der Waals surface area (Å²) in [5, 5.41) is 11.1. The SMILES string of the molecule is C=C1CCC2[C@](C)(COC(=O)/C=C/c3cccc(OC)c3)[C@H](O)CC[C@@]2(C)[C@@H]1/C=C/C1=CCOC1=O. The minimum Gasteiger partial charge on any atom is -0.497 e. The number of aliphatic hydroxyl groups is 1. The van der Waals surface area contributed by atoms with E-state index in [4.69, 9.17) is 14.2 Å². The van der Waals surface area contributed by atoms with Gasteiger partial charge in [-0.2, -0.15) is 0 Å². The second kappa shape index (κ2) is 10.5. The van der Waals surface area contributed by atoms with E-state index in [1.165, 1.54) is 6.08 Å². The molecular formula is C30H36O6. The molecule has 1 unspecified atom stereocenters. The molecule has 5 atom stereocenters. The third-order valence-corrected chi connectivity index (χ3v) is 8.47. The lowest BCUT2D eigenvalue weighted by Crippen LogP contribution is -2.57. The fourth-order valence-corrected chi connectivity index (χ4v) is 6.37. The van der Waals surface area contributed by atoms with Crippen LogP contribution in [0.2, 0.25) is 0 Å². The molecule has 2 aliphatic carbocycles. The van der Waals surface area contributed by atoms with Gasteiger partial charge in [0.2, 0.25) is 0 Å². The summed E-state index contributed by atoms with van der Waals surface area (Å²) in [5.41, 5.74) is 1.78. The normalized spacial score (nSPS) is 32.3. The number of esters is 2. The number of rotatable bonds is 7. The molecule has 0 amide bonds. The highest BCUT2D eigenvalue weighted by Crippen LogP contribution is 2.61. The van der Waals surface area contributed by atoms with Crippen molar-refractivity contribution in [1.82, 2.24) is 0 Å². The first kappa shape index (κ1) is 26.0. The Bertz CT molecular complexity index is 1110. The number of benzene rings is 1. The summed E-state index contributed by atoms with van der Waals surface area (Å²) in [7, 11) is 1.60. The third kappa shape index (κ3) is 5.05. The zero-order valence-corrected chi connectivity index (χ0v) is 21.4. The monoisotopic (exact) mass is 492 g/mol. The van der Waals surface area contributed by atoms with Crippen LogP contribution >= 0.6 is 0 Å². The van der Waals surface area contributed by atoms with Crippen molar-refractivity contribution in [3.8, 4) is 5.75 Å². The minimum atomic E-state index is -0.592. The lowest BCUT2D eigenvalue weighted by molar-refractivity contribution is -0.168. The van der Waals surface area contributed by atoms with Gasteiger partial charge in [-0.25, -0.2) is 9.59 Å². The van der Waals surface area contributed by atoms with E-state index in [0.717, 1.165) is 30.4 Å². The second-order valence-corrected chi connectivity index (χ2v) is 10.6. The molecule has 1 aliphatic heterocycles. The highest BCUT2D eigenvalue weighted by atomic mass is 16.5. The van der Waals surface area contributed by atoms with E-state index >= 15 is 0 Å². The molecule has 6 nitrogen and oxygen atoms in total. The van der Waals surface area contributed by atoms with Gasteiger partial charge in [0.1, 0.15) is 12.4 Å². The maximum atomic E-state index is 12.6. The van der Waals surface area contributed by atoms with Crippen molar-refractivity contribution in [3.63, 3.8) is 0 Å². The van der Waals surface area contributed by atoms with E-state index in [-0.39, 0.29) is 29.8 Å². The van der Waals surface area contributed by atoms with Gasteiger partial charge in [-0.1, -0.05) is 50.3 Å². The van der Waals surface area contributed by atoms with Crippen LogP contribution in [-0.4, -0.2) is 43.5 Å². The van der Waals surface area contributed by atoms with E-state index in [0.29, 0.717) is 24.4 Å². The first-order valence-electron chi connectivity index (χ1n) is 12.6. The van der Waals surface area contributed by atoms with Gasteiger partial charge in [0.05, 0.1) is 25.4 Å². The lowest BCUT2D eigenvalue weighted by Gasteiger charge is -2.59. The number of aliphatic hydroxyl groups excluding tert-OH is 1. The van der Waals surface area contributed by atoms with Gasteiger partial charge in [-0.3, -0.25) is 0 Å². The van der Waals surface area contributed by atoms with Crippen LogP contribution in [-0.2, 0) is 19.1 Å². The Hall–Kier alpha value is -3.12. The number of methoxy groups -OCH3 is 1. The average molecular weight is 493 g/mol. The fourth-order valence-electron chi connectivity index (χ4n) is 6.37. The van der Waals surface area contributed by atoms with E-state index in [1.54, 1.807) is 19.3 Å². The van der Waals surface area contributed by atoms with Crippen molar-refractivity contribution in [2.24, 2.45) is 22.7 Å². The van der Waals surface area contributed by atoms with Crippen LogP contribution < -0.4 is 4.74 Å². The summed E-state index contributed by atoms with van der Waals surface area (Å²) in [6.07, 6.45) is 11.4. The molecule has 1 aromatic carbocycles. The van der Waals surface area contributed by atoms with Crippen LogP contribution in [0.25, 0.3) is 6.08 Å². The Morgan fingerprint density at radius 3 is 2.81 bits per heavy atom. The van der Waals surface area contributed by atoms with Gasteiger partial charge in [0.25, 0.3) is 0 Å². The molecule has 1 heterocycles. The number of hydrogen-bond acceptors (Lipinski definition) is 6. The van der Waals surface area contributed by atoms with E-state index in [1.807, 2.05) is 37.3 Å². The predicted octanol–water partition coefficient (Wildman–Crippen LogP) is 5.04. The van der Waals surface area contributed by atoms with Crippen molar-refractivity contribution < 1.29 is 28.9 Å². The topological polar surface area (TPSA) is 82.1 Å². The summed E-state index contributed by atoms with van der Waals surface area (Å²) in [5.74, 6) is 0.148. The largest absolute Gasteiger partial charge is 0.497 e. The van der Waals surface area contributed by atoms with Crippen molar-refractivity contribution >= 4 is 18.0 Å². The number of hydrogen-bond donors (Lipinski definition) is 1. The van der Waals surface area contributed by atoms with Crippen molar-refractivity contribution in [2.75, 3.05) is 20.3 Å². The molecule has 0 aromatic heterocycles. The molecule has 1 aromatic rings. The van der Waals surface area contributed by atoms with E-state index in [9.17, 15) is 14.7 Å². The molecule has 0 radical (unpaired) electrons. The van der Waals surface area contributed by atoms with Crippen LogP contribution in [0, 0.1) is 22.7 Å². The number of carbonyl (C=O) groups excluding carboxylic acids is 2.